The van der Waals surface area contributed by atoms with Crippen LogP contribution in [0.1, 0.15) is 23.0 Å². The summed E-state index contributed by atoms with van der Waals surface area (Å²) in [6.45, 7) is 1.28. The molecule has 1 amide bonds. The topological polar surface area (TPSA) is 72.7 Å². The lowest BCUT2D eigenvalue weighted by Gasteiger charge is -2.15. The second-order valence-corrected chi connectivity index (χ2v) is 6.23. The molecule has 10 heteroatoms. The summed E-state index contributed by atoms with van der Waals surface area (Å²) < 4.78 is 45.1. The van der Waals surface area contributed by atoms with Gasteiger partial charge in [-0.05, 0) is 37.3 Å². The summed E-state index contributed by atoms with van der Waals surface area (Å²) in [4.78, 5) is 28.5. The van der Waals surface area contributed by atoms with Crippen molar-refractivity contribution >= 4 is 34.8 Å². The second-order valence-electron chi connectivity index (χ2n) is 5.82. The third-order valence-electron chi connectivity index (χ3n) is 3.78. The third-order valence-corrected chi connectivity index (χ3v) is 4.11. The van der Waals surface area contributed by atoms with Crippen molar-refractivity contribution in [2.75, 3.05) is 5.32 Å². The molecule has 0 spiro atoms. The van der Waals surface area contributed by atoms with E-state index in [-0.39, 0.29) is 16.4 Å². The zero-order chi connectivity index (χ0) is 20.5. The molecule has 0 saturated heterocycles. The van der Waals surface area contributed by atoms with Crippen LogP contribution in [0.25, 0.3) is 5.65 Å². The minimum absolute atomic E-state index is 0.0112. The van der Waals surface area contributed by atoms with Gasteiger partial charge in [0.15, 0.2) is 11.8 Å². The number of alkyl halides is 3. The van der Waals surface area contributed by atoms with E-state index in [4.69, 9.17) is 16.3 Å². The summed E-state index contributed by atoms with van der Waals surface area (Å²) in [7, 11) is 0. The first-order valence-corrected chi connectivity index (χ1v) is 8.35. The van der Waals surface area contributed by atoms with Crippen LogP contribution in [0.4, 0.5) is 18.9 Å². The number of ether oxygens (including phenoxy) is 1. The van der Waals surface area contributed by atoms with Crippen LogP contribution in [-0.2, 0) is 15.7 Å². The lowest BCUT2D eigenvalue weighted by molar-refractivity contribution is -0.137. The molecule has 0 aliphatic rings. The highest BCUT2D eigenvalue weighted by molar-refractivity contribution is 6.33. The van der Waals surface area contributed by atoms with Crippen LogP contribution in [0.15, 0.2) is 48.8 Å². The minimum atomic E-state index is -4.59. The van der Waals surface area contributed by atoms with Crippen LogP contribution in [0.5, 0.6) is 0 Å². The van der Waals surface area contributed by atoms with Gasteiger partial charge in [-0.1, -0.05) is 17.7 Å². The van der Waals surface area contributed by atoms with Gasteiger partial charge in [0.05, 0.1) is 16.3 Å². The van der Waals surface area contributed by atoms with E-state index in [1.165, 1.54) is 13.1 Å². The number of carbonyl (C=O) groups is 2. The van der Waals surface area contributed by atoms with E-state index >= 15 is 0 Å². The predicted molar refractivity (Wildman–Crippen MR) is 95.2 cm³/mol. The number of imidazole rings is 1. The van der Waals surface area contributed by atoms with Gasteiger partial charge in [-0.3, -0.25) is 4.79 Å². The van der Waals surface area contributed by atoms with Gasteiger partial charge in [-0.2, -0.15) is 13.2 Å². The number of aromatic nitrogens is 2. The van der Waals surface area contributed by atoms with Crippen LogP contribution in [-0.4, -0.2) is 27.4 Å². The van der Waals surface area contributed by atoms with E-state index in [0.717, 1.165) is 12.1 Å². The van der Waals surface area contributed by atoms with E-state index in [0.29, 0.717) is 11.7 Å². The zero-order valence-electron chi connectivity index (χ0n) is 14.3. The number of amides is 1. The molecule has 0 fully saturated rings. The van der Waals surface area contributed by atoms with E-state index < -0.39 is 29.7 Å². The molecule has 0 saturated carbocycles. The first-order valence-electron chi connectivity index (χ1n) is 7.97. The molecule has 3 aromatic rings. The molecule has 1 atom stereocenters. The molecule has 0 aliphatic heterocycles. The lowest BCUT2D eigenvalue weighted by Crippen LogP contribution is -2.30. The fourth-order valence-corrected chi connectivity index (χ4v) is 2.50. The van der Waals surface area contributed by atoms with Crippen molar-refractivity contribution in [2.45, 2.75) is 19.2 Å². The zero-order valence-corrected chi connectivity index (χ0v) is 15.1. The Hall–Kier alpha value is -3.07. The molecule has 1 aromatic carbocycles. The standard InChI is InChI=1S/C18H13ClF3N3O3/c1-10(28-17(27)14-9-25-7-3-2-4-15(25)23-14)16(26)24-13-8-11(18(20,21)22)5-6-12(13)19/h2-10H,1H3,(H,24,26)/t10-/m0/s1. The molecule has 0 radical (unpaired) electrons. The van der Waals surface area contributed by atoms with Crippen molar-refractivity contribution in [2.24, 2.45) is 0 Å². The van der Waals surface area contributed by atoms with Gasteiger partial charge in [0.25, 0.3) is 5.91 Å². The molecular formula is C18H13ClF3N3O3. The van der Waals surface area contributed by atoms with Crippen LogP contribution >= 0.6 is 11.6 Å². The van der Waals surface area contributed by atoms with Gasteiger partial charge in [0, 0.05) is 12.4 Å². The average Bonchev–Trinajstić information content (AvgIpc) is 3.06. The first kappa shape index (κ1) is 19.7. The number of rotatable bonds is 4. The Morgan fingerprint density at radius 2 is 2.00 bits per heavy atom. The Balaban J connectivity index is 1.70. The number of pyridine rings is 1. The van der Waals surface area contributed by atoms with Crippen LogP contribution < -0.4 is 5.32 Å². The van der Waals surface area contributed by atoms with E-state index in [9.17, 15) is 22.8 Å². The number of halogens is 4. The number of carbonyl (C=O) groups excluding carboxylic acids is 2. The summed E-state index contributed by atoms with van der Waals surface area (Å²) in [6.07, 6.45) is -2.76. The maximum atomic E-state index is 12.8. The molecule has 28 heavy (non-hydrogen) atoms. The van der Waals surface area contributed by atoms with Crippen molar-refractivity contribution in [1.29, 1.82) is 0 Å². The fraction of sp³-hybridized carbons (Fsp3) is 0.167. The SMILES string of the molecule is C[C@H](OC(=O)c1cn2ccccc2n1)C(=O)Nc1cc(C(F)(F)F)ccc1Cl. The molecule has 6 nitrogen and oxygen atoms in total. The Morgan fingerprint density at radius 3 is 2.68 bits per heavy atom. The number of hydrogen-bond donors (Lipinski definition) is 1. The fourth-order valence-electron chi connectivity index (χ4n) is 2.34. The molecule has 2 aromatic heterocycles. The predicted octanol–water partition coefficient (Wildman–Crippen LogP) is 4.19. The number of esters is 1. The highest BCUT2D eigenvalue weighted by atomic mass is 35.5. The van der Waals surface area contributed by atoms with Gasteiger partial charge >= 0.3 is 12.1 Å². The average molecular weight is 412 g/mol. The molecule has 0 aliphatic carbocycles. The molecule has 0 bridgehead atoms. The van der Waals surface area contributed by atoms with Crippen LogP contribution in [0.3, 0.4) is 0 Å². The molecule has 3 rings (SSSR count). The van der Waals surface area contributed by atoms with Gasteiger partial charge in [-0.25, -0.2) is 9.78 Å². The van der Waals surface area contributed by atoms with Crippen molar-refractivity contribution in [1.82, 2.24) is 9.38 Å². The lowest BCUT2D eigenvalue weighted by atomic mass is 10.2. The highest BCUT2D eigenvalue weighted by Crippen LogP contribution is 2.33. The largest absolute Gasteiger partial charge is 0.448 e. The number of nitrogens with one attached hydrogen (secondary N) is 1. The Morgan fingerprint density at radius 1 is 1.25 bits per heavy atom. The van der Waals surface area contributed by atoms with E-state index in [1.54, 1.807) is 28.8 Å². The Labute approximate surface area is 161 Å². The van der Waals surface area contributed by atoms with Crippen LogP contribution in [0, 0.1) is 0 Å². The maximum Gasteiger partial charge on any atom is 0.416 e. The number of nitrogens with zero attached hydrogens (tertiary/aromatic N) is 2. The number of hydrogen-bond acceptors (Lipinski definition) is 4. The summed E-state index contributed by atoms with van der Waals surface area (Å²) in [5.74, 6) is -1.68. The quantitative estimate of drug-likeness (QED) is 0.653. The maximum absolute atomic E-state index is 12.8. The van der Waals surface area contributed by atoms with Crippen LogP contribution in [0.2, 0.25) is 5.02 Å². The van der Waals surface area contributed by atoms with Crippen molar-refractivity contribution in [3.63, 3.8) is 0 Å². The minimum Gasteiger partial charge on any atom is -0.448 e. The van der Waals surface area contributed by atoms with Crippen molar-refractivity contribution in [3.8, 4) is 0 Å². The second kappa shape index (κ2) is 7.51. The highest BCUT2D eigenvalue weighted by Gasteiger charge is 2.31. The number of anilines is 1. The smallest absolute Gasteiger partial charge is 0.416 e. The Kier molecular flexibility index (Phi) is 5.28. The molecule has 0 unspecified atom stereocenters. The van der Waals surface area contributed by atoms with Crippen molar-refractivity contribution < 1.29 is 27.5 Å². The van der Waals surface area contributed by atoms with Gasteiger partial charge in [-0.15, -0.1) is 0 Å². The van der Waals surface area contributed by atoms with Crippen molar-refractivity contribution in [3.05, 3.63) is 65.1 Å². The Bertz CT molecular complexity index is 1020. The number of benzene rings is 1. The van der Waals surface area contributed by atoms with Gasteiger partial charge in [0.2, 0.25) is 0 Å². The normalized spacial score (nSPS) is 12.6. The monoisotopic (exact) mass is 411 g/mol. The van der Waals surface area contributed by atoms with E-state index in [1.807, 2.05) is 0 Å². The number of fused-ring (bicyclic) bond motifs is 1. The molecule has 1 N–H and O–H groups in total. The summed E-state index contributed by atoms with van der Waals surface area (Å²) in [6, 6.07) is 7.70. The molecular weight excluding hydrogens is 399 g/mol. The third kappa shape index (κ3) is 4.25. The summed E-state index contributed by atoms with van der Waals surface area (Å²) >= 11 is 5.84. The summed E-state index contributed by atoms with van der Waals surface area (Å²) in [5.41, 5.74) is -0.705. The molecule has 2 heterocycles. The van der Waals surface area contributed by atoms with E-state index in [2.05, 4.69) is 10.3 Å². The summed E-state index contributed by atoms with van der Waals surface area (Å²) in [5, 5.41) is 2.15. The first-order chi connectivity index (χ1) is 13.1. The van der Waals surface area contributed by atoms with Gasteiger partial charge in [0.1, 0.15) is 5.65 Å². The molecule has 146 valence electrons. The van der Waals surface area contributed by atoms with Gasteiger partial charge < -0.3 is 14.5 Å².